The molecule has 0 radical (unpaired) electrons. The molecule has 0 saturated carbocycles. The van der Waals surface area contributed by atoms with Crippen molar-refractivity contribution in [1.29, 1.82) is 0 Å². The van der Waals surface area contributed by atoms with Gasteiger partial charge in [0.05, 0.1) is 0 Å². The molecule has 0 spiro atoms. The number of nitro groups is 1. The van der Waals surface area contributed by atoms with E-state index in [1.165, 1.54) is 12.1 Å². The fourth-order valence-corrected chi connectivity index (χ4v) is 5.52. The normalized spacial score (nSPS) is 13.0. The summed E-state index contributed by atoms with van der Waals surface area (Å²) in [6.07, 6.45) is 0. The Kier molecular flexibility index (Phi) is 2.91. The number of benzene rings is 2. The molecule has 1 aliphatic heterocycles. The summed E-state index contributed by atoms with van der Waals surface area (Å²) in [5, 5.41) is 12.2. The first-order valence-electron chi connectivity index (χ1n) is 6.20. The fourth-order valence-electron chi connectivity index (χ4n) is 2.47. The van der Waals surface area contributed by atoms with Gasteiger partial charge in [0, 0.05) is 0 Å². The minimum absolute atomic E-state index is 0.0839. The molecule has 3 aromatic rings. The van der Waals surface area contributed by atoms with Crippen molar-refractivity contribution in [2.75, 3.05) is 6.79 Å². The van der Waals surface area contributed by atoms with Crippen LogP contribution in [0.4, 0.5) is 5.69 Å². The Bertz CT molecular complexity index is 1030. The van der Waals surface area contributed by atoms with Crippen LogP contribution in [-0.2, 0) is 0 Å². The molecule has 1 aliphatic rings. The number of fused-ring (bicyclic) bond motifs is 4. The number of nitro benzene ring substituents is 1. The summed E-state index contributed by atoms with van der Waals surface area (Å²) < 4.78 is 11.8. The van der Waals surface area contributed by atoms with Crippen LogP contribution in [0.3, 0.4) is 0 Å². The van der Waals surface area contributed by atoms with Gasteiger partial charge in [0.15, 0.2) is 0 Å². The van der Waals surface area contributed by atoms with Crippen LogP contribution in [0.15, 0.2) is 29.1 Å². The van der Waals surface area contributed by atoms with E-state index in [0.717, 1.165) is 0 Å². The van der Waals surface area contributed by atoms with Crippen molar-refractivity contribution >= 4 is 51.1 Å². The van der Waals surface area contributed by atoms with Gasteiger partial charge >= 0.3 is 133 Å². The van der Waals surface area contributed by atoms with Crippen LogP contribution in [0.2, 0.25) is 5.02 Å². The van der Waals surface area contributed by atoms with Gasteiger partial charge in [-0.15, -0.1) is 0 Å². The molecule has 4 rings (SSSR count). The molecule has 0 bridgehead atoms. The Morgan fingerprint density at radius 2 is 2.00 bits per heavy atom. The predicted octanol–water partition coefficient (Wildman–Crippen LogP) is 2.70. The molecule has 0 aliphatic carbocycles. The second-order valence-corrected chi connectivity index (χ2v) is 7.18. The molecule has 2 aromatic carbocycles. The maximum atomic E-state index is 12.7. The Hall–Kier alpha value is -2.08. The van der Waals surface area contributed by atoms with Crippen LogP contribution in [0.5, 0.6) is 11.5 Å². The Morgan fingerprint density at radius 3 is 2.77 bits per heavy atom. The third-order valence-electron chi connectivity index (χ3n) is 3.45. The van der Waals surface area contributed by atoms with Crippen LogP contribution in [0.25, 0.3) is 19.3 Å². The Morgan fingerprint density at radius 1 is 1.18 bits per heavy atom. The van der Waals surface area contributed by atoms with Crippen molar-refractivity contribution in [3.8, 4) is 11.5 Å². The third-order valence-corrected chi connectivity index (χ3v) is 6.34. The van der Waals surface area contributed by atoms with E-state index in [2.05, 4.69) is 0 Å². The van der Waals surface area contributed by atoms with E-state index in [1.807, 2.05) is 0 Å². The van der Waals surface area contributed by atoms with Crippen molar-refractivity contribution in [2.24, 2.45) is 0 Å². The molecule has 0 atom stereocenters. The number of halogens is 1. The van der Waals surface area contributed by atoms with Crippen molar-refractivity contribution in [3.63, 3.8) is 0 Å². The number of rotatable bonds is 1. The second kappa shape index (κ2) is 4.71. The summed E-state index contributed by atoms with van der Waals surface area (Å²) in [7, 11) is 0. The van der Waals surface area contributed by atoms with E-state index in [4.69, 9.17) is 21.1 Å². The van der Waals surface area contributed by atoms with Gasteiger partial charge in [0.25, 0.3) is 0 Å². The number of hydrogen-bond acceptors (Lipinski definition) is 5. The number of nitrogens with zero attached hydrogens (tertiary/aromatic N) is 1. The molecule has 1 aromatic heterocycles. The van der Waals surface area contributed by atoms with Crippen molar-refractivity contribution in [3.05, 3.63) is 49.6 Å². The van der Waals surface area contributed by atoms with E-state index in [9.17, 15) is 14.9 Å². The zero-order valence-electron chi connectivity index (χ0n) is 10.8. The fraction of sp³-hybridized carbons (Fsp3) is 0.0714. The zero-order valence-corrected chi connectivity index (χ0v) is 13.3. The molecule has 0 fully saturated rings. The SMILES string of the molecule is O=c1c2ccc3c(c2[se]c2c([N+](=O)[O-])ccc(Cl)c12)OCO3. The van der Waals surface area contributed by atoms with E-state index in [1.54, 1.807) is 12.1 Å². The molecule has 110 valence electrons. The molecule has 0 N–H and O–H groups in total. The average Bonchev–Trinajstić information content (AvgIpc) is 2.96. The van der Waals surface area contributed by atoms with E-state index in [0.29, 0.717) is 25.4 Å². The number of non-ortho nitro benzene ring substituents is 1. The molecule has 6 nitrogen and oxygen atoms in total. The van der Waals surface area contributed by atoms with Gasteiger partial charge in [0.1, 0.15) is 0 Å². The molecule has 0 amide bonds. The first-order chi connectivity index (χ1) is 10.6. The zero-order chi connectivity index (χ0) is 15.4. The van der Waals surface area contributed by atoms with Crippen molar-refractivity contribution in [2.45, 2.75) is 0 Å². The maximum absolute atomic E-state index is 12.7. The number of hydrogen-bond donors (Lipinski definition) is 0. The van der Waals surface area contributed by atoms with Gasteiger partial charge in [-0.05, 0) is 0 Å². The van der Waals surface area contributed by atoms with Gasteiger partial charge in [-0.2, -0.15) is 0 Å². The summed E-state index contributed by atoms with van der Waals surface area (Å²) in [4.78, 5) is 23.5. The van der Waals surface area contributed by atoms with Crippen LogP contribution < -0.4 is 14.9 Å². The van der Waals surface area contributed by atoms with Gasteiger partial charge in [-0.1, -0.05) is 0 Å². The monoisotopic (exact) mass is 383 g/mol. The summed E-state index contributed by atoms with van der Waals surface area (Å²) in [5.74, 6) is 1.06. The Labute approximate surface area is 133 Å². The van der Waals surface area contributed by atoms with Crippen LogP contribution in [0, 0.1) is 10.1 Å². The van der Waals surface area contributed by atoms with Gasteiger partial charge in [-0.3, -0.25) is 0 Å². The average molecular weight is 383 g/mol. The molecule has 0 unspecified atom stereocenters. The van der Waals surface area contributed by atoms with Crippen molar-refractivity contribution in [1.82, 2.24) is 0 Å². The molecule has 2 heterocycles. The first kappa shape index (κ1) is 13.6. The summed E-state index contributed by atoms with van der Waals surface area (Å²) in [6.45, 7) is 0.0839. The molecular formula is C14H6ClNO5Se. The quantitative estimate of drug-likeness (QED) is 0.280. The Balaban J connectivity index is 2.27. The standard InChI is InChI=1S/C14H6ClNO5Se/c15-7-2-3-8(16(18)19)14-10(7)11(17)6-1-4-9-12(13(6)22-14)21-5-20-9/h1-4H,5H2. The van der Waals surface area contributed by atoms with Gasteiger partial charge in [-0.25, -0.2) is 0 Å². The number of ether oxygens (including phenoxy) is 2. The summed E-state index contributed by atoms with van der Waals surface area (Å²) in [5.41, 5.74) is -0.403. The molecule has 8 heteroatoms. The van der Waals surface area contributed by atoms with Gasteiger partial charge in [0.2, 0.25) is 0 Å². The van der Waals surface area contributed by atoms with E-state index < -0.39 is 19.4 Å². The van der Waals surface area contributed by atoms with Crippen LogP contribution in [0.1, 0.15) is 0 Å². The van der Waals surface area contributed by atoms with E-state index in [-0.39, 0.29) is 28.3 Å². The topological polar surface area (TPSA) is 78.7 Å². The second-order valence-electron chi connectivity index (χ2n) is 4.63. The molecule has 0 saturated heterocycles. The third kappa shape index (κ3) is 1.76. The summed E-state index contributed by atoms with van der Waals surface area (Å²) in [6, 6.07) is 6.06. The van der Waals surface area contributed by atoms with Crippen LogP contribution >= 0.6 is 11.6 Å². The molecule has 22 heavy (non-hydrogen) atoms. The first-order valence-corrected chi connectivity index (χ1v) is 8.29. The van der Waals surface area contributed by atoms with Crippen molar-refractivity contribution < 1.29 is 14.4 Å². The molecular weight excluding hydrogens is 377 g/mol. The summed E-state index contributed by atoms with van der Waals surface area (Å²) >= 11 is 5.64. The minimum atomic E-state index is -0.490. The van der Waals surface area contributed by atoms with Crippen LogP contribution in [-0.4, -0.2) is 26.2 Å². The van der Waals surface area contributed by atoms with Gasteiger partial charge < -0.3 is 0 Å². The predicted molar refractivity (Wildman–Crippen MR) is 82.5 cm³/mol. The van der Waals surface area contributed by atoms with E-state index >= 15 is 0 Å².